The number of terminal acetylenes is 1. The molecule has 0 spiro atoms. The zero-order chi connectivity index (χ0) is 12.1. The van der Waals surface area contributed by atoms with Crippen LogP contribution in [0.3, 0.4) is 0 Å². The summed E-state index contributed by atoms with van der Waals surface area (Å²) in [6.45, 7) is 2.03. The first kappa shape index (κ1) is 11.0. The Morgan fingerprint density at radius 3 is 2.35 bits per heavy atom. The van der Waals surface area contributed by atoms with E-state index < -0.39 is 0 Å². The fourth-order valence-corrected chi connectivity index (χ4v) is 1.28. The van der Waals surface area contributed by atoms with Crippen LogP contribution in [0.2, 0.25) is 0 Å². The van der Waals surface area contributed by atoms with Gasteiger partial charge in [0.25, 0.3) is 0 Å². The SMILES string of the molecule is C#COOc1cnc(-c2ccc(C)cc2)nc1. The number of hydrogen-bond donors (Lipinski definition) is 0. The first-order chi connectivity index (χ1) is 8.29. The summed E-state index contributed by atoms with van der Waals surface area (Å²) in [6, 6.07) is 7.93. The Labute approximate surface area is 99.2 Å². The Morgan fingerprint density at radius 1 is 1.12 bits per heavy atom. The van der Waals surface area contributed by atoms with Crippen molar-refractivity contribution in [3.63, 3.8) is 0 Å². The molecule has 4 nitrogen and oxygen atoms in total. The molecular formula is C13H10N2O2. The summed E-state index contributed by atoms with van der Waals surface area (Å²) < 4.78 is 0. The maximum Gasteiger partial charge on any atom is 0.216 e. The van der Waals surface area contributed by atoms with Crippen molar-refractivity contribution >= 4 is 0 Å². The molecule has 0 unspecified atom stereocenters. The monoisotopic (exact) mass is 226 g/mol. The van der Waals surface area contributed by atoms with Crippen molar-refractivity contribution in [2.75, 3.05) is 0 Å². The molecule has 0 saturated carbocycles. The van der Waals surface area contributed by atoms with E-state index in [0.717, 1.165) is 5.56 Å². The summed E-state index contributed by atoms with van der Waals surface area (Å²) in [4.78, 5) is 17.3. The van der Waals surface area contributed by atoms with Crippen LogP contribution in [0.4, 0.5) is 0 Å². The van der Waals surface area contributed by atoms with Gasteiger partial charge in [0.2, 0.25) is 5.75 Å². The van der Waals surface area contributed by atoms with E-state index in [1.54, 1.807) is 0 Å². The molecule has 1 heterocycles. The van der Waals surface area contributed by atoms with Crippen LogP contribution >= 0.6 is 0 Å². The average molecular weight is 226 g/mol. The molecule has 17 heavy (non-hydrogen) atoms. The molecule has 0 fully saturated rings. The maximum atomic E-state index is 4.87. The lowest BCUT2D eigenvalue weighted by atomic mass is 10.1. The molecule has 1 aromatic carbocycles. The quantitative estimate of drug-likeness (QED) is 0.458. The van der Waals surface area contributed by atoms with Crippen molar-refractivity contribution in [1.29, 1.82) is 0 Å². The highest BCUT2D eigenvalue weighted by molar-refractivity contribution is 5.55. The summed E-state index contributed by atoms with van der Waals surface area (Å²) in [5, 5.41) is 0. The van der Waals surface area contributed by atoms with Crippen molar-refractivity contribution in [2.45, 2.75) is 6.92 Å². The number of rotatable bonds is 3. The topological polar surface area (TPSA) is 44.2 Å². The molecule has 0 N–H and O–H groups in total. The van der Waals surface area contributed by atoms with Crippen molar-refractivity contribution in [2.24, 2.45) is 0 Å². The Balaban J connectivity index is 2.18. The number of hydrogen-bond acceptors (Lipinski definition) is 4. The molecule has 0 bridgehead atoms. The zero-order valence-corrected chi connectivity index (χ0v) is 9.25. The van der Waals surface area contributed by atoms with Gasteiger partial charge in [0.1, 0.15) is 0 Å². The van der Waals surface area contributed by atoms with E-state index in [0.29, 0.717) is 11.6 Å². The molecule has 2 rings (SSSR count). The van der Waals surface area contributed by atoms with Crippen molar-refractivity contribution in [3.8, 4) is 29.7 Å². The second kappa shape index (κ2) is 4.99. The number of nitrogens with zero attached hydrogens (tertiary/aromatic N) is 2. The predicted octanol–water partition coefficient (Wildman–Crippen LogP) is 2.35. The third-order valence-corrected chi connectivity index (χ3v) is 2.12. The third-order valence-electron chi connectivity index (χ3n) is 2.12. The summed E-state index contributed by atoms with van der Waals surface area (Å²) in [7, 11) is 0. The van der Waals surface area contributed by atoms with Crippen LogP contribution in [0.5, 0.6) is 5.75 Å². The normalized spacial score (nSPS) is 9.41. The van der Waals surface area contributed by atoms with Crippen molar-refractivity contribution in [3.05, 3.63) is 42.2 Å². The van der Waals surface area contributed by atoms with Gasteiger partial charge in [-0.2, -0.15) is 0 Å². The molecule has 0 amide bonds. The van der Waals surface area contributed by atoms with Crippen LogP contribution in [0.1, 0.15) is 5.56 Å². The van der Waals surface area contributed by atoms with Gasteiger partial charge in [0.15, 0.2) is 11.9 Å². The fourth-order valence-electron chi connectivity index (χ4n) is 1.28. The Hall–Kier alpha value is -2.54. The maximum absolute atomic E-state index is 4.87. The lowest BCUT2D eigenvalue weighted by molar-refractivity contribution is -0.134. The van der Waals surface area contributed by atoms with Gasteiger partial charge in [0, 0.05) is 5.56 Å². The number of aryl methyl sites for hydroxylation is 1. The highest BCUT2D eigenvalue weighted by Gasteiger charge is 2.02. The zero-order valence-electron chi connectivity index (χ0n) is 9.25. The average Bonchev–Trinajstić information content (AvgIpc) is 2.38. The van der Waals surface area contributed by atoms with E-state index in [2.05, 4.69) is 14.9 Å². The van der Waals surface area contributed by atoms with E-state index in [1.807, 2.05) is 37.3 Å². The van der Waals surface area contributed by atoms with Crippen LogP contribution in [0.25, 0.3) is 11.4 Å². The molecule has 84 valence electrons. The Morgan fingerprint density at radius 2 is 1.76 bits per heavy atom. The first-order valence-electron chi connectivity index (χ1n) is 4.98. The summed E-state index contributed by atoms with van der Waals surface area (Å²) in [5.74, 6) is 0.983. The number of benzene rings is 1. The standard InChI is InChI=1S/C13H10N2O2/c1-3-16-17-12-8-14-13(15-9-12)11-6-4-10(2)5-7-11/h1,4-9H,2H3. The third kappa shape index (κ3) is 2.73. The van der Waals surface area contributed by atoms with E-state index in [9.17, 15) is 0 Å². The summed E-state index contributed by atoms with van der Waals surface area (Å²) in [5.41, 5.74) is 2.14. The minimum Gasteiger partial charge on any atom is -0.277 e. The molecule has 1 aromatic heterocycles. The smallest absolute Gasteiger partial charge is 0.216 e. The minimum absolute atomic E-state index is 0.360. The van der Waals surface area contributed by atoms with Gasteiger partial charge < -0.3 is 0 Å². The molecule has 0 saturated heterocycles. The van der Waals surface area contributed by atoms with Gasteiger partial charge in [-0.05, 0) is 6.92 Å². The summed E-state index contributed by atoms with van der Waals surface area (Å²) >= 11 is 0. The van der Waals surface area contributed by atoms with Crippen LogP contribution < -0.4 is 4.89 Å². The fraction of sp³-hybridized carbons (Fsp3) is 0.0769. The lowest BCUT2D eigenvalue weighted by Gasteiger charge is -2.02. The van der Waals surface area contributed by atoms with E-state index >= 15 is 0 Å². The molecule has 4 heteroatoms. The van der Waals surface area contributed by atoms with E-state index in [4.69, 9.17) is 11.3 Å². The van der Waals surface area contributed by atoms with Gasteiger partial charge in [-0.25, -0.2) is 14.9 Å². The van der Waals surface area contributed by atoms with E-state index in [-0.39, 0.29) is 0 Å². The number of aromatic nitrogens is 2. The molecular weight excluding hydrogens is 216 g/mol. The Bertz CT molecular complexity index is 527. The van der Waals surface area contributed by atoms with Gasteiger partial charge >= 0.3 is 0 Å². The van der Waals surface area contributed by atoms with Crippen LogP contribution in [-0.2, 0) is 4.89 Å². The van der Waals surface area contributed by atoms with Crippen LogP contribution in [0.15, 0.2) is 36.7 Å². The minimum atomic E-state index is 0.360. The largest absolute Gasteiger partial charge is 0.277 e. The predicted molar refractivity (Wildman–Crippen MR) is 62.8 cm³/mol. The molecule has 0 aliphatic rings. The van der Waals surface area contributed by atoms with Gasteiger partial charge in [-0.1, -0.05) is 36.3 Å². The molecule has 0 radical (unpaired) electrons. The molecule has 0 aliphatic heterocycles. The molecule has 2 aromatic rings. The van der Waals surface area contributed by atoms with Gasteiger partial charge in [-0.15, -0.1) is 0 Å². The van der Waals surface area contributed by atoms with Crippen LogP contribution in [0, 0.1) is 19.5 Å². The molecule has 0 aliphatic carbocycles. The van der Waals surface area contributed by atoms with Gasteiger partial charge in [-0.3, -0.25) is 4.89 Å². The highest BCUT2D eigenvalue weighted by Crippen LogP contribution is 2.16. The lowest BCUT2D eigenvalue weighted by Crippen LogP contribution is -1.94. The highest BCUT2D eigenvalue weighted by atomic mass is 17.2. The van der Waals surface area contributed by atoms with Crippen molar-refractivity contribution in [1.82, 2.24) is 9.97 Å². The second-order valence-electron chi connectivity index (χ2n) is 3.39. The van der Waals surface area contributed by atoms with Gasteiger partial charge in [0.05, 0.1) is 12.4 Å². The Kier molecular flexibility index (Phi) is 3.22. The second-order valence-corrected chi connectivity index (χ2v) is 3.39. The van der Waals surface area contributed by atoms with Crippen molar-refractivity contribution < 1.29 is 9.78 Å². The van der Waals surface area contributed by atoms with E-state index in [1.165, 1.54) is 18.0 Å². The first-order valence-corrected chi connectivity index (χ1v) is 4.98. The van der Waals surface area contributed by atoms with Crippen LogP contribution in [-0.4, -0.2) is 9.97 Å². The summed E-state index contributed by atoms with van der Waals surface area (Å²) in [6.07, 6.45) is 9.76. The molecule has 0 atom stereocenters.